The molecule has 0 bridgehead atoms. The second-order valence-corrected chi connectivity index (χ2v) is 4.17. The SMILES string of the molecule is CCCNCCCCCn1cc(Cl)cn1. The van der Waals surface area contributed by atoms with Crippen LogP contribution in [0.5, 0.6) is 0 Å². The van der Waals surface area contributed by atoms with Crippen molar-refractivity contribution in [3.05, 3.63) is 17.4 Å². The molecule has 0 spiro atoms. The van der Waals surface area contributed by atoms with Crippen LogP contribution < -0.4 is 5.32 Å². The number of nitrogens with one attached hydrogen (secondary N) is 1. The molecule has 0 aliphatic carbocycles. The van der Waals surface area contributed by atoms with Gasteiger partial charge >= 0.3 is 0 Å². The van der Waals surface area contributed by atoms with Gasteiger partial charge in [0.1, 0.15) is 0 Å². The van der Waals surface area contributed by atoms with Crippen molar-refractivity contribution in [2.75, 3.05) is 13.1 Å². The molecule has 0 saturated heterocycles. The molecule has 1 heterocycles. The summed E-state index contributed by atoms with van der Waals surface area (Å²) < 4.78 is 1.90. The monoisotopic (exact) mass is 229 g/mol. The maximum absolute atomic E-state index is 5.76. The zero-order valence-electron chi connectivity index (χ0n) is 9.38. The van der Waals surface area contributed by atoms with E-state index in [1.807, 2.05) is 10.9 Å². The average molecular weight is 230 g/mol. The highest BCUT2D eigenvalue weighted by Gasteiger charge is 1.95. The van der Waals surface area contributed by atoms with Gasteiger partial charge in [0.2, 0.25) is 0 Å². The van der Waals surface area contributed by atoms with Crippen LogP contribution in [0.4, 0.5) is 0 Å². The molecule has 0 aromatic carbocycles. The van der Waals surface area contributed by atoms with Crippen LogP contribution >= 0.6 is 11.6 Å². The van der Waals surface area contributed by atoms with Gasteiger partial charge in [0, 0.05) is 12.7 Å². The van der Waals surface area contributed by atoms with Crippen LogP contribution in [0.3, 0.4) is 0 Å². The van der Waals surface area contributed by atoms with Crippen LogP contribution in [0.2, 0.25) is 5.02 Å². The molecule has 0 saturated carbocycles. The Bertz CT molecular complexity index is 260. The molecule has 0 atom stereocenters. The summed E-state index contributed by atoms with van der Waals surface area (Å²) in [6.45, 7) is 5.43. The van der Waals surface area contributed by atoms with Gasteiger partial charge in [0.15, 0.2) is 0 Å². The lowest BCUT2D eigenvalue weighted by atomic mass is 10.2. The summed E-state index contributed by atoms with van der Waals surface area (Å²) in [5.74, 6) is 0. The summed E-state index contributed by atoms with van der Waals surface area (Å²) >= 11 is 5.76. The Morgan fingerprint density at radius 3 is 2.87 bits per heavy atom. The number of aryl methyl sites for hydroxylation is 1. The van der Waals surface area contributed by atoms with Gasteiger partial charge in [-0.25, -0.2) is 0 Å². The van der Waals surface area contributed by atoms with E-state index in [-0.39, 0.29) is 0 Å². The van der Waals surface area contributed by atoms with Crippen molar-refractivity contribution in [3.63, 3.8) is 0 Å². The topological polar surface area (TPSA) is 29.9 Å². The Kier molecular flexibility index (Phi) is 6.44. The molecule has 0 radical (unpaired) electrons. The summed E-state index contributed by atoms with van der Waals surface area (Å²) in [5, 5.41) is 8.25. The van der Waals surface area contributed by atoms with Crippen molar-refractivity contribution in [1.29, 1.82) is 0 Å². The Morgan fingerprint density at radius 1 is 1.33 bits per heavy atom. The van der Waals surface area contributed by atoms with E-state index in [0.29, 0.717) is 0 Å². The van der Waals surface area contributed by atoms with Gasteiger partial charge in [0.25, 0.3) is 0 Å². The number of nitrogens with zero attached hydrogens (tertiary/aromatic N) is 2. The maximum atomic E-state index is 5.76. The van der Waals surface area contributed by atoms with Crippen molar-refractivity contribution < 1.29 is 0 Å². The Balaban J connectivity index is 1.93. The molecule has 0 amide bonds. The van der Waals surface area contributed by atoms with Gasteiger partial charge < -0.3 is 5.32 Å². The normalized spacial score (nSPS) is 10.8. The zero-order valence-corrected chi connectivity index (χ0v) is 10.1. The maximum Gasteiger partial charge on any atom is 0.0785 e. The molecule has 4 heteroatoms. The van der Waals surface area contributed by atoms with Crippen LogP contribution in [0, 0.1) is 0 Å². The zero-order chi connectivity index (χ0) is 10.9. The van der Waals surface area contributed by atoms with E-state index in [1.165, 1.54) is 25.7 Å². The van der Waals surface area contributed by atoms with Crippen LogP contribution in [-0.2, 0) is 6.54 Å². The van der Waals surface area contributed by atoms with E-state index in [4.69, 9.17) is 11.6 Å². The molecule has 1 aromatic rings. The third-order valence-corrected chi connectivity index (χ3v) is 2.46. The summed E-state index contributed by atoms with van der Waals surface area (Å²) in [5.41, 5.74) is 0. The number of halogens is 1. The smallest absolute Gasteiger partial charge is 0.0785 e. The third-order valence-electron chi connectivity index (χ3n) is 2.27. The van der Waals surface area contributed by atoms with E-state index in [1.54, 1.807) is 6.20 Å². The lowest BCUT2D eigenvalue weighted by Crippen LogP contribution is -2.15. The second-order valence-electron chi connectivity index (χ2n) is 3.73. The predicted octanol–water partition coefficient (Wildman–Crippen LogP) is 2.71. The van der Waals surface area contributed by atoms with Crippen molar-refractivity contribution in [2.24, 2.45) is 0 Å². The Labute approximate surface area is 96.8 Å². The lowest BCUT2D eigenvalue weighted by molar-refractivity contribution is 0.529. The number of rotatable bonds is 8. The quantitative estimate of drug-likeness (QED) is 0.695. The first kappa shape index (κ1) is 12.5. The van der Waals surface area contributed by atoms with Crippen molar-refractivity contribution in [2.45, 2.75) is 39.2 Å². The van der Waals surface area contributed by atoms with Crippen LogP contribution in [0.25, 0.3) is 0 Å². The van der Waals surface area contributed by atoms with Gasteiger partial charge in [-0.2, -0.15) is 5.10 Å². The number of hydrogen-bond donors (Lipinski definition) is 1. The minimum absolute atomic E-state index is 0.722. The largest absolute Gasteiger partial charge is 0.317 e. The van der Waals surface area contributed by atoms with Crippen molar-refractivity contribution in [3.8, 4) is 0 Å². The van der Waals surface area contributed by atoms with Gasteiger partial charge in [-0.05, 0) is 32.4 Å². The molecule has 1 aromatic heterocycles. The van der Waals surface area contributed by atoms with Gasteiger partial charge in [-0.1, -0.05) is 24.9 Å². The number of unbranched alkanes of at least 4 members (excludes halogenated alkanes) is 2. The van der Waals surface area contributed by atoms with E-state index in [2.05, 4.69) is 17.3 Å². The molecule has 86 valence electrons. The van der Waals surface area contributed by atoms with E-state index >= 15 is 0 Å². The minimum atomic E-state index is 0.722. The third kappa shape index (κ3) is 5.80. The molecular formula is C11H20ClN3. The fraction of sp³-hybridized carbons (Fsp3) is 0.727. The minimum Gasteiger partial charge on any atom is -0.317 e. The van der Waals surface area contributed by atoms with E-state index in [0.717, 1.165) is 24.7 Å². The van der Waals surface area contributed by atoms with E-state index < -0.39 is 0 Å². The van der Waals surface area contributed by atoms with Crippen LogP contribution in [0.1, 0.15) is 32.6 Å². The highest BCUT2D eigenvalue weighted by Crippen LogP contribution is 2.06. The molecule has 15 heavy (non-hydrogen) atoms. The predicted molar refractivity (Wildman–Crippen MR) is 64.2 cm³/mol. The molecule has 0 unspecified atom stereocenters. The van der Waals surface area contributed by atoms with E-state index in [9.17, 15) is 0 Å². The molecular weight excluding hydrogens is 210 g/mol. The Hall–Kier alpha value is -0.540. The first-order chi connectivity index (χ1) is 7.33. The van der Waals surface area contributed by atoms with Crippen molar-refractivity contribution in [1.82, 2.24) is 15.1 Å². The highest BCUT2D eigenvalue weighted by molar-refractivity contribution is 6.30. The van der Waals surface area contributed by atoms with Crippen molar-refractivity contribution >= 4 is 11.6 Å². The van der Waals surface area contributed by atoms with Gasteiger partial charge in [-0.3, -0.25) is 4.68 Å². The number of hydrogen-bond acceptors (Lipinski definition) is 2. The average Bonchev–Trinajstić information content (AvgIpc) is 2.63. The fourth-order valence-corrected chi connectivity index (χ4v) is 1.62. The summed E-state index contributed by atoms with van der Waals surface area (Å²) in [7, 11) is 0. The molecule has 0 fully saturated rings. The second kappa shape index (κ2) is 7.71. The molecule has 0 aliphatic heterocycles. The molecule has 0 aliphatic rings. The number of aromatic nitrogens is 2. The highest BCUT2D eigenvalue weighted by atomic mass is 35.5. The van der Waals surface area contributed by atoms with Crippen LogP contribution in [0.15, 0.2) is 12.4 Å². The van der Waals surface area contributed by atoms with Gasteiger partial charge in [-0.15, -0.1) is 0 Å². The molecule has 1 rings (SSSR count). The summed E-state index contributed by atoms with van der Waals surface area (Å²) in [6, 6.07) is 0. The standard InChI is InChI=1S/C11H20ClN3/c1-2-6-13-7-4-3-5-8-15-10-11(12)9-14-15/h9-10,13H,2-8H2,1H3. The van der Waals surface area contributed by atoms with Crippen LogP contribution in [-0.4, -0.2) is 22.9 Å². The molecule has 3 nitrogen and oxygen atoms in total. The molecule has 1 N–H and O–H groups in total. The first-order valence-corrected chi connectivity index (χ1v) is 6.09. The fourth-order valence-electron chi connectivity index (χ4n) is 1.46. The first-order valence-electron chi connectivity index (χ1n) is 5.71. The lowest BCUT2D eigenvalue weighted by Gasteiger charge is -2.03. The summed E-state index contributed by atoms with van der Waals surface area (Å²) in [4.78, 5) is 0. The van der Waals surface area contributed by atoms with Gasteiger partial charge in [0.05, 0.1) is 11.2 Å². The Morgan fingerprint density at radius 2 is 2.20 bits per heavy atom. The summed E-state index contributed by atoms with van der Waals surface area (Å²) in [6.07, 6.45) is 8.43.